The van der Waals surface area contributed by atoms with Crippen molar-refractivity contribution in [2.75, 3.05) is 33.4 Å². The van der Waals surface area contributed by atoms with E-state index in [-0.39, 0.29) is 5.92 Å². The fourth-order valence-corrected chi connectivity index (χ4v) is 4.17. The summed E-state index contributed by atoms with van der Waals surface area (Å²) < 4.78 is 12.7. The fourth-order valence-electron chi connectivity index (χ4n) is 4.17. The lowest BCUT2D eigenvalue weighted by Gasteiger charge is -2.34. The van der Waals surface area contributed by atoms with E-state index in [1.807, 2.05) is 36.7 Å². The molecule has 0 saturated carbocycles. The van der Waals surface area contributed by atoms with Crippen molar-refractivity contribution in [1.82, 2.24) is 14.7 Å². The van der Waals surface area contributed by atoms with Crippen molar-refractivity contribution in [3.8, 4) is 11.4 Å². The second kappa shape index (κ2) is 6.74. The van der Waals surface area contributed by atoms with Gasteiger partial charge in [-0.25, -0.2) is 4.68 Å². The molecule has 1 aromatic heterocycles. The molecule has 4 rings (SSSR count). The van der Waals surface area contributed by atoms with Crippen LogP contribution < -0.4 is 4.74 Å². The molecule has 2 saturated heterocycles. The normalized spacial score (nSPS) is 25.8. The molecule has 2 aromatic rings. The van der Waals surface area contributed by atoms with Crippen LogP contribution in [0, 0.1) is 11.3 Å². The third kappa shape index (κ3) is 2.87. The molecule has 0 aliphatic carbocycles. The molecule has 3 heterocycles. The number of para-hydroxylation sites is 2. The molecule has 0 bridgehead atoms. The van der Waals surface area contributed by atoms with Gasteiger partial charge < -0.3 is 14.6 Å². The highest BCUT2D eigenvalue weighted by atomic mass is 16.5. The Bertz CT molecular complexity index is 806. The Morgan fingerprint density at radius 1 is 1.46 bits per heavy atom. The summed E-state index contributed by atoms with van der Waals surface area (Å²) in [6, 6.07) is 7.72. The van der Waals surface area contributed by atoms with Gasteiger partial charge in [0, 0.05) is 38.0 Å². The smallest absolute Gasteiger partial charge is 0.313 e. The lowest BCUT2D eigenvalue weighted by atomic mass is 9.76. The topological polar surface area (TPSA) is 76.8 Å². The SMILES string of the molecule is COc1ccccc1-n1cc(CN2C[C@@H]3CCOC[C@]3(C(=O)O)C2)cn1. The highest BCUT2D eigenvalue weighted by Gasteiger charge is 2.53. The maximum absolute atomic E-state index is 11.9. The van der Waals surface area contributed by atoms with Crippen LogP contribution in [0.15, 0.2) is 36.7 Å². The fraction of sp³-hybridized carbons (Fsp3) is 0.474. The Labute approximate surface area is 152 Å². The van der Waals surface area contributed by atoms with Gasteiger partial charge in [-0.1, -0.05) is 12.1 Å². The predicted octanol–water partition coefficient (Wildman–Crippen LogP) is 1.80. The van der Waals surface area contributed by atoms with E-state index < -0.39 is 11.4 Å². The Hall–Kier alpha value is -2.38. The van der Waals surface area contributed by atoms with E-state index in [0.29, 0.717) is 26.3 Å². The van der Waals surface area contributed by atoms with Crippen LogP contribution in [0.25, 0.3) is 5.69 Å². The molecule has 0 radical (unpaired) electrons. The predicted molar refractivity (Wildman–Crippen MR) is 94.4 cm³/mol. The van der Waals surface area contributed by atoms with Crippen LogP contribution in [0.4, 0.5) is 0 Å². The molecule has 0 unspecified atom stereocenters. The van der Waals surface area contributed by atoms with E-state index in [0.717, 1.165) is 30.0 Å². The summed E-state index contributed by atoms with van der Waals surface area (Å²) in [5.41, 5.74) is 1.17. The summed E-state index contributed by atoms with van der Waals surface area (Å²) in [4.78, 5) is 14.1. The zero-order chi connectivity index (χ0) is 18.1. The number of carboxylic acid groups (broad SMARTS) is 1. The molecule has 2 fully saturated rings. The molecule has 0 spiro atoms. The van der Waals surface area contributed by atoms with Crippen molar-refractivity contribution >= 4 is 5.97 Å². The Kier molecular flexibility index (Phi) is 4.42. The number of fused-ring (bicyclic) bond motifs is 1. The third-order valence-electron chi connectivity index (χ3n) is 5.54. The zero-order valence-corrected chi connectivity index (χ0v) is 14.8. The number of rotatable bonds is 5. The zero-order valence-electron chi connectivity index (χ0n) is 14.8. The Morgan fingerprint density at radius 2 is 2.31 bits per heavy atom. The molecule has 7 nitrogen and oxygen atoms in total. The molecule has 2 atom stereocenters. The third-order valence-corrected chi connectivity index (χ3v) is 5.54. The molecule has 138 valence electrons. The van der Waals surface area contributed by atoms with Crippen molar-refractivity contribution < 1.29 is 19.4 Å². The van der Waals surface area contributed by atoms with Crippen LogP contribution in [-0.4, -0.2) is 59.2 Å². The van der Waals surface area contributed by atoms with Crippen LogP contribution in [0.2, 0.25) is 0 Å². The van der Waals surface area contributed by atoms with Crippen LogP contribution in [0.3, 0.4) is 0 Å². The summed E-state index contributed by atoms with van der Waals surface area (Å²) in [5, 5.41) is 14.2. The lowest BCUT2D eigenvalue weighted by Crippen LogP contribution is -2.46. The molecule has 7 heteroatoms. The van der Waals surface area contributed by atoms with Crippen LogP contribution in [0.1, 0.15) is 12.0 Å². The van der Waals surface area contributed by atoms with E-state index in [4.69, 9.17) is 9.47 Å². The monoisotopic (exact) mass is 357 g/mol. The lowest BCUT2D eigenvalue weighted by molar-refractivity contribution is -0.159. The Balaban J connectivity index is 1.51. The van der Waals surface area contributed by atoms with Crippen molar-refractivity contribution in [3.05, 3.63) is 42.2 Å². The van der Waals surface area contributed by atoms with Gasteiger partial charge in [0.05, 0.1) is 19.9 Å². The number of hydrogen-bond acceptors (Lipinski definition) is 5. The second-order valence-corrected chi connectivity index (χ2v) is 7.13. The summed E-state index contributed by atoms with van der Waals surface area (Å²) in [7, 11) is 1.64. The first kappa shape index (κ1) is 17.1. The van der Waals surface area contributed by atoms with Crippen molar-refractivity contribution in [2.45, 2.75) is 13.0 Å². The first-order valence-electron chi connectivity index (χ1n) is 8.83. The molecular weight excluding hydrogens is 334 g/mol. The number of hydrogen-bond donors (Lipinski definition) is 1. The number of benzene rings is 1. The van der Waals surface area contributed by atoms with Gasteiger partial charge >= 0.3 is 5.97 Å². The van der Waals surface area contributed by atoms with Gasteiger partial charge in [0.1, 0.15) is 16.9 Å². The molecule has 1 N–H and O–H groups in total. The van der Waals surface area contributed by atoms with E-state index in [2.05, 4.69) is 10.00 Å². The maximum atomic E-state index is 11.9. The Morgan fingerprint density at radius 3 is 3.08 bits per heavy atom. The number of carbonyl (C=O) groups is 1. The van der Waals surface area contributed by atoms with Crippen molar-refractivity contribution in [3.63, 3.8) is 0 Å². The molecule has 0 amide bonds. The van der Waals surface area contributed by atoms with Crippen molar-refractivity contribution in [1.29, 1.82) is 0 Å². The van der Waals surface area contributed by atoms with Gasteiger partial charge in [0.15, 0.2) is 0 Å². The van der Waals surface area contributed by atoms with Gasteiger partial charge in [-0.2, -0.15) is 5.10 Å². The largest absolute Gasteiger partial charge is 0.494 e. The molecule has 2 aliphatic rings. The summed E-state index contributed by atoms with van der Waals surface area (Å²) in [6.45, 7) is 2.95. The van der Waals surface area contributed by atoms with Crippen LogP contribution in [-0.2, 0) is 16.1 Å². The highest BCUT2D eigenvalue weighted by molar-refractivity contribution is 5.76. The number of carboxylic acids is 1. The quantitative estimate of drug-likeness (QED) is 0.879. The number of nitrogens with zero attached hydrogens (tertiary/aromatic N) is 3. The minimum absolute atomic E-state index is 0.151. The van der Waals surface area contributed by atoms with E-state index in [1.54, 1.807) is 11.8 Å². The van der Waals surface area contributed by atoms with Crippen LogP contribution >= 0.6 is 0 Å². The maximum Gasteiger partial charge on any atom is 0.313 e. The minimum atomic E-state index is -0.767. The molecule has 1 aromatic carbocycles. The standard InChI is InChI=1S/C19H23N3O4/c1-25-17-5-3-2-4-16(17)22-10-14(8-20-22)9-21-11-15-6-7-26-13-19(15,12-21)18(23)24/h2-5,8,10,15H,6-7,9,11-13H2,1H3,(H,23,24)/t15-,19+/m0/s1. The van der Waals surface area contributed by atoms with Gasteiger partial charge in [-0.15, -0.1) is 0 Å². The first-order chi connectivity index (χ1) is 12.6. The van der Waals surface area contributed by atoms with Gasteiger partial charge in [0.25, 0.3) is 0 Å². The average molecular weight is 357 g/mol. The van der Waals surface area contributed by atoms with E-state index >= 15 is 0 Å². The average Bonchev–Trinajstić information content (AvgIpc) is 3.26. The number of methoxy groups -OCH3 is 1. The molecular formula is C19H23N3O4. The van der Waals surface area contributed by atoms with Gasteiger partial charge in [0.2, 0.25) is 0 Å². The van der Waals surface area contributed by atoms with Crippen LogP contribution in [0.5, 0.6) is 5.75 Å². The number of ether oxygens (including phenoxy) is 2. The van der Waals surface area contributed by atoms with E-state index in [9.17, 15) is 9.90 Å². The first-order valence-corrected chi connectivity index (χ1v) is 8.83. The minimum Gasteiger partial charge on any atom is -0.494 e. The van der Waals surface area contributed by atoms with Crippen molar-refractivity contribution in [2.24, 2.45) is 11.3 Å². The summed E-state index contributed by atoms with van der Waals surface area (Å²) >= 11 is 0. The molecule has 26 heavy (non-hydrogen) atoms. The number of aromatic nitrogens is 2. The summed E-state index contributed by atoms with van der Waals surface area (Å²) in [6.07, 6.45) is 4.62. The van der Waals surface area contributed by atoms with Gasteiger partial charge in [-0.05, 0) is 24.5 Å². The van der Waals surface area contributed by atoms with Gasteiger partial charge in [-0.3, -0.25) is 9.69 Å². The highest BCUT2D eigenvalue weighted by Crippen LogP contribution is 2.42. The number of aliphatic carboxylic acids is 1. The second-order valence-electron chi connectivity index (χ2n) is 7.13. The molecule has 2 aliphatic heterocycles. The summed E-state index contributed by atoms with van der Waals surface area (Å²) in [5.74, 6) is 0.170. The number of likely N-dealkylation sites (tertiary alicyclic amines) is 1. The van der Waals surface area contributed by atoms with E-state index in [1.165, 1.54) is 0 Å².